The maximum absolute atomic E-state index is 13.9. The molecule has 1 aromatic carbocycles. The van der Waals surface area contributed by atoms with Crippen LogP contribution in [0.1, 0.15) is 50.6 Å². The summed E-state index contributed by atoms with van der Waals surface area (Å²) in [6.45, 7) is 8.18. The molecule has 0 aliphatic carbocycles. The van der Waals surface area contributed by atoms with Crippen LogP contribution < -0.4 is 10.2 Å². The summed E-state index contributed by atoms with van der Waals surface area (Å²) >= 11 is 0. The van der Waals surface area contributed by atoms with Crippen molar-refractivity contribution in [3.63, 3.8) is 0 Å². The number of rotatable bonds is 6. The molecule has 0 aromatic heterocycles. The summed E-state index contributed by atoms with van der Waals surface area (Å²) in [6, 6.07) is 5.22. The van der Waals surface area contributed by atoms with Crippen molar-refractivity contribution >= 4 is 5.69 Å². The minimum absolute atomic E-state index is 0.113. The normalized spacial score (nSPS) is 21.5. The number of benzene rings is 1. The molecule has 2 aliphatic rings. The second-order valence-corrected chi connectivity index (χ2v) is 7.50. The molecule has 5 heteroatoms. The molecule has 0 bridgehead atoms. The van der Waals surface area contributed by atoms with Crippen LogP contribution in [0.3, 0.4) is 0 Å². The summed E-state index contributed by atoms with van der Waals surface area (Å²) in [7, 11) is 0. The molecule has 1 unspecified atom stereocenters. The van der Waals surface area contributed by atoms with E-state index in [1.165, 1.54) is 32.4 Å². The molecule has 0 spiro atoms. The number of hydrogen-bond acceptors (Lipinski definition) is 4. The molecule has 2 saturated heterocycles. The van der Waals surface area contributed by atoms with Crippen molar-refractivity contribution in [3.05, 3.63) is 29.6 Å². The molecule has 25 heavy (non-hydrogen) atoms. The molecule has 0 saturated carbocycles. The van der Waals surface area contributed by atoms with Crippen LogP contribution in [0.25, 0.3) is 0 Å². The van der Waals surface area contributed by atoms with Gasteiger partial charge in [0.05, 0.1) is 6.10 Å². The first-order valence-electron chi connectivity index (χ1n) is 9.81. The number of aliphatic hydroxyl groups excluding tert-OH is 1. The van der Waals surface area contributed by atoms with E-state index in [-0.39, 0.29) is 18.0 Å². The SMILES string of the molecule is CC(NCCN1CCCCC1)c1cc(F)ccc1N1CCC(O)CC1. The largest absolute Gasteiger partial charge is 0.393 e. The number of anilines is 1. The first kappa shape index (κ1) is 18.6. The highest BCUT2D eigenvalue weighted by Gasteiger charge is 2.21. The van der Waals surface area contributed by atoms with Gasteiger partial charge in [-0.05, 0) is 69.5 Å². The minimum atomic E-state index is -0.194. The van der Waals surface area contributed by atoms with E-state index in [1.54, 1.807) is 12.1 Å². The Balaban J connectivity index is 1.60. The van der Waals surface area contributed by atoms with Crippen LogP contribution in [-0.4, -0.2) is 55.4 Å². The molecule has 2 fully saturated rings. The third kappa shape index (κ3) is 5.16. The molecule has 4 nitrogen and oxygen atoms in total. The van der Waals surface area contributed by atoms with E-state index in [0.717, 1.165) is 50.3 Å². The monoisotopic (exact) mass is 349 g/mol. The van der Waals surface area contributed by atoms with Gasteiger partial charge in [0.15, 0.2) is 0 Å². The number of nitrogens with one attached hydrogen (secondary N) is 1. The van der Waals surface area contributed by atoms with Gasteiger partial charge in [-0.1, -0.05) is 6.42 Å². The predicted octanol–water partition coefficient (Wildman–Crippen LogP) is 2.92. The zero-order valence-corrected chi connectivity index (χ0v) is 15.4. The Labute approximate surface area is 151 Å². The first-order valence-corrected chi connectivity index (χ1v) is 9.81. The van der Waals surface area contributed by atoms with E-state index in [9.17, 15) is 9.50 Å². The number of piperidine rings is 2. The fourth-order valence-electron chi connectivity index (χ4n) is 4.00. The Morgan fingerprint density at radius 1 is 1.16 bits per heavy atom. The van der Waals surface area contributed by atoms with Crippen LogP contribution in [0.2, 0.25) is 0 Å². The van der Waals surface area contributed by atoms with Crippen molar-refractivity contribution in [2.45, 2.75) is 51.2 Å². The zero-order chi connectivity index (χ0) is 17.6. The van der Waals surface area contributed by atoms with Gasteiger partial charge in [-0.15, -0.1) is 0 Å². The van der Waals surface area contributed by atoms with Crippen LogP contribution in [0, 0.1) is 5.82 Å². The van der Waals surface area contributed by atoms with Gasteiger partial charge in [0.25, 0.3) is 0 Å². The van der Waals surface area contributed by atoms with Crippen molar-refractivity contribution in [2.24, 2.45) is 0 Å². The van der Waals surface area contributed by atoms with Crippen molar-refractivity contribution in [1.29, 1.82) is 0 Å². The van der Waals surface area contributed by atoms with Gasteiger partial charge in [-0.3, -0.25) is 0 Å². The molecule has 2 heterocycles. The van der Waals surface area contributed by atoms with E-state index < -0.39 is 0 Å². The van der Waals surface area contributed by atoms with Crippen molar-refractivity contribution in [1.82, 2.24) is 10.2 Å². The van der Waals surface area contributed by atoms with Crippen molar-refractivity contribution < 1.29 is 9.50 Å². The lowest BCUT2D eigenvalue weighted by molar-refractivity contribution is 0.145. The van der Waals surface area contributed by atoms with Crippen molar-refractivity contribution in [2.75, 3.05) is 44.2 Å². The van der Waals surface area contributed by atoms with E-state index in [2.05, 4.69) is 22.0 Å². The van der Waals surface area contributed by atoms with Gasteiger partial charge in [0.2, 0.25) is 0 Å². The quantitative estimate of drug-likeness (QED) is 0.828. The average molecular weight is 349 g/mol. The highest BCUT2D eigenvalue weighted by Crippen LogP contribution is 2.29. The number of nitrogens with zero attached hydrogens (tertiary/aromatic N) is 2. The molecular weight excluding hydrogens is 317 g/mol. The van der Waals surface area contributed by atoms with Crippen LogP contribution in [0.4, 0.5) is 10.1 Å². The smallest absolute Gasteiger partial charge is 0.123 e. The van der Waals surface area contributed by atoms with E-state index in [1.807, 2.05) is 6.07 Å². The summed E-state index contributed by atoms with van der Waals surface area (Å²) in [6.07, 6.45) is 5.35. The fourth-order valence-corrected chi connectivity index (χ4v) is 4.00. The summed E-state index contributed by atoms with van der Waals surface area (Å²) in [4.78, 5) is 4.80. The van der Waals surface area contributed by atoms with Crippen LogP contribution in [0.15, 0.2) is 18.2 Å². The van der Waals surface area contributed by atoms with Crippen molar-refractivity contribution in [3.8, 4) is 0 Å². The summed E-state index contributed by atoms with van der Waals surface area (Å²) in [5.74, 6) is -0.180. The van der Waals surface area contributed by atoms with Gasteiger partial charge in [0.1, 0.15) is 5.82 Å². The molecule has 2 N–H and O–H groups in total. The number of halogens is 1. The average Bonchev–Trinajstić information content (AvgIpc) is 2.63. The molecular formula is C20H32FN3O. The molecule has 0 amide bonds. The van der Waals surface area contributed by atoms with Crippen LogP contribution in [-0.2, 0) is 0 Å². The van der Waals surface area contributed by atoms with Gasteiger partial charge < -0.3 is 20.2 Å². The van der Waals surface area contributed by atoms with Gasteiger partial charge in [-0.2, -0.15) is 0 Å². The number of hydrogen-bond donors (Lipinski definition) is 2. The molecule has 140 valence electrons. The Morgan fingerprint density at radius 2 is 1.88 bits per heavy atom. The highest BCUT2D eigenvalue weighted by molar-refractivity contribution is 5.55. The lowest BCUT2D eigenvalue weighted by atomic mass is 10.0. The lowest BCUT2D eigenvalue weighted by Crippen LogP contribution is -2.38. The van der Waals surface area contributed by atoms with E-state index >= 15 is 0 Å². The predicted molar refractivity (Wildman–Crippen MR) is 101 cm³/mol. The Hall–Kier alpha value is -1.17. The molecule has 1 atom stereocenters. The summed E-state index contributed by atoms with van der Waals surface area (Å²) < 4.78 is 13.9. The Morgan fingerprint density at radius 3 is 2.60 bits per heavy atom. The van der Waals surface area contributed by atoms with Gasteiger partial charge in [-0.25, -0.2) is 4.39 Å². The molecule has 3 rings (SSSR count). The molecule has 1 aromatic rings. The lowest BCUT2D eigenvalue weighted by Gasteiger charge is -2.34. The third-order valence-corrected chi connectivity index (χ3v) is 5.59. The first-order chi connectivity index (χ1) is 12.1. The Kier molecular flexibility index (Phi) is 6.68. The maximum Gasteiger partial charge on any atom is 0.123 e. The molecule has 0 radical (unpaired) electrons. The van der Waals surface area contributed by atoms with E-state index in [0.29, 0.717) is 0 Å². The van der Waals surface area contributed by atoms with Crippen LogP contribution >= 0.6 is 0 Å². The Bertz CT molecular complexity index is 540. The molecule has 2 aliphatic heterocycles. The topological polar surface area (TPSA) is 38.7 Å². The van der Waals surface area contributed by atoms with E-state index in [4.69, 9.17) is 0 Å². The number of likely N-dealkylation sites (tertiary alicyclic amines) is 1. The fraction of sp³-hybridized carbons (Fsp3) is 0.700. The second-order valence-electron chi connectivity index (χ2n) is 7.50. The highest BCUT2D eigenvalue weighted by atomic mass is 19.1. The minimum Gasteiger partial charge on any atom is -0.393 e. The third-order valence-electron chi connectivity index (χ3n) is 5.59. The van der Waals surface area contributed by atoms with Gasteiger partial charge >= 0.3 is 0 Å². The number of aliphatic hydroxyl groups is 1. The summed E-state index contributed by atoms with van der Waals surface area (Å²) in [5.41, 5.74) is 2.13. The second kappa shape index (κ2) is 8.97. The van der Waals surface area contributed by atoms with Crippen LogP contribution in [0.5, 0.6) is 0 Å². The standard InChI is InChI=1S/C20H32FN3O/c1-16(22-9-14-23-10-3-2-4-11-23)19-15-17(21)5-6-20(19)24-12-7-18(25)8-13-24/h5-6,15-16,18,22,25H,2-4,7-14H2,1H3. The zero-order valence-electron chi connectivity index (χ0n) is 15.4. The van der Waals surface area contributed by atoms with Gasteiger partial charge in [0, 0.05) is 37.9 Å². The maximum atomic E-state index is 13.9. The summed E-state index contributed by atoms with van der Waals surface area (Å²) in [5, 5.41) is 13.3.